The molecule has 0 heterocycles. The fourth-order valence-electron chi connectivity index (χ4n) is 9.15. The van der Waals surface area contributed by atoms with E-state index in [4.69, 9.17) is 19.3 Å². The maximum Gasteiger partial charge on any atom is 0.407 e. The summed E-state index contributed by atoms with van der Waals surface area (Å²) < 4.78 is 16.5. The van der Waals surface area contributed by atoms with Crippen molar-refractivity contribution >= 4 is 12.1 Å². The highest BCUT2D eigenvalue weighted by molar-refractivity contribution is 5.67. The van der Waals surface area contributed by atoms with E-state index in [0.29, 0.717) is 31.8 Å². The summed E-state index contributed by atoms with van der Waals surface area (Å²) in [5, 5.41) is 11.4. The van der Waals surface area contributed by atoms with Crippen LogP contribution in [0.5, 0.6) is 0 Å². The number of carbonyl (C=O) groups is 2. The molecule has 3 saturated carbocycles. The molecular weight excluding hydrogens is 518 g/mol. The number of alkyl carbamates (subject to hydrolysis) is 1. The highest BCUT2D eigenvalue weighted by Crippen LogP contribution is 2.66. The molecule has 0 aromatic carbocycles. The first-order valence-corrected chi connectivity index (χ1v) is 16.6. The first kappa shape index (κ1) is 32.3. The van der Waals surface area contributed by atoms with Gasteiger partial charge in [-0.2, -0.15) is 0 Å². The highest BCUT2D eigenvalue weighted by Gasteiger charge is 2.58. The van der Waals surface area contributed by atoms with E-state index in [1.165, 1.54) is 57.8 Å². The van der Waals surface area contributed by atoms with E-state index in [0.717, 1.165) is 48.9 Å². The van der Waals surface area contributed by atoms with Crippen LogP contribution in [0.2, 0.25) is 0 Å². The van der Waals surface area contributed by atoms with Crippen molar-refractivity contribution in [2.45, 2.75) is 117 Å². The maximum absolute atomic E-state index is 12.4. The van der Waals surface area contributed by atoms with Crippen LogP contribution in [0, 0.1) is 40.4 Å². The molecule has 3 fully saturated rings. The van der Waals surface area contributed by atoms with Gasteiger partial charge in [0.15, 0.2) is 0 Å². The topological polar surface area (TPSA) is 94.1 Å². The molecule has 0 spiro atoms. The van der Waals surface area contributed by atoms with E-state index >= 15 is 0 Å². The smallest absolute Gasteiger partial charge is 0.407 e. The summed E-state index contributed by atoms with van der Waals surface area (Å²) in [5.41, 5.74) is 2.34. The minimum absolute atomic E-state index is 0.00892. The lowest BCUT2D eigenvalue weighted by Crippen LogP contribution is -2.50. The Morgan fingerprint density at radius 3 is 2.54 bits per heavy atom. The number of rotatable bonds is 15. The second-order valence-electron chi connectivity index (χ2n) is 14.3. The van der Waals surface area contributed by atoms with Crippen LogP contribution in [0.25, 0.3) is 0 Å². The van der Waals surface area contributed by atoms with Crippen LogP contribution >= 0.6 is 0 Å². The quantitative estimate of drug-likeness (QED) is 0.156. The van der Waals surface area contributed by atoms with Gasteiger partial charge in [0.1, 0.15) is 6.10 Å². The van der Waals surface area contributed by atoms with Crippen LogP contribution < -0.4 is 5.32 Å². The number of allylic oxidation sites excluding steroid dienone is 1. The van der Waals surface area contributed by atoms with Crippen molar-refractivity contribution in [3.8, 4) is 0 Å². The Balaban J connectivity index is 1.20. The third-order valence-electron chi connectivity index (χ3n) is 11.5. The SMILES string of the molecule is CC(C)CCCCC1CCC2C3CC=C4CC(OC(=O)NCCOCCOCCC(=O)O)CCC4(C)C3CCC12C. The number of fused-ring (bicyclic) bond motifs is 5. The number of carboxylic acid groups (broad SMARTS) is 1. The summed E-state index contributed by atoms with van der Waals surface area (Å²) in [6, 6.07) is 0. The number of ether oxygens (including phenoxy) is 3. The minimum Gasteiger partial charge on any atom is -0.481 e. The molecular formula is C34H57NO6. The number of aliphatic carboxylic acids is 1. The summed E-state index contributed by atoms with van der Waals surface area (Å²) in [6.07, 6.45) is 17.5. The van der Waals surface area contributed by atoms with Gasteiger partial charge in [-0.3, -0.25) is 4.79 Å². The van der Waals surface area contributed by atoms with Crippen molar-refractivity contribution < 1.29 is 28.9 Å². The Bertz CT molecular complexity index is 904. The van der Waals surface area contributed by atoms with E-state index in [2.05, 4.69) is 39.1 Å². The van der Waals surface area contributed by atoms with Gasteiger partial charge in [0, 0.05) is 13.0 Å². The Kier molecular flexibility index (Phi) is 11.6. The monoisotopic (exact) mass is 575 g/mol. The number of amides is 1. The van der Waals surface area contributed by atoms with Crippen molar-refractivity contribution in [1.29, 1.82) is 0 Å². The van der Waals surface area contributed by atoms with Gasteiger partial charge in [-0.05, 0) is 91.8 Å². The number of carboxylic acids is 1. The number of carbonyl (C=O) groups excluding carboxylic acids is 1. The maximum atomic E-state index is 12.4. The molecule has 0 bridgehead atoms. The van der Waals surface area contributed by atoms with Crippen molar-refractivity contribution in [3.63, 3.8) is 0 Å². The molecule has 1 amide bonds. The van der Waals surface area contributed by atoms with Gasteiger partial charge in [0.25, 0.3) is 0 Å². The number of hydrogen-bond acceptors (Lipinski definition) is 5. The zero-order chi connectivity index (χ0) is 29.5. The van der Waals surface area contributed by atoms with Crippen LogP contribution in [0.4, 0.5) is 4.79 Å². The molecule has 4 aliphatic carbocycles. The van der Waals surface area contributed by atoms with Crippen LogP contribution in [0.15, 0.2) is 11.6 Å². The Morgan fingerprint density at radius 1 is 1.00 bits per heavy atom. The largest absolute Gasteiger partial charge is 0.481 e. The molecule has 4 aliphatic rings. The fraction of sp³-hybridized carbons (Fsp3) is 0.882. The average Bonchev–Trinajstić information content (AvgIpc) is 3.26. The van der Waals surface area contributed by atoms with Crippen molar-refractivity contribution in [1.82, 2.24) is 5.32 Å². The van der Waals surface area contributed by atoms with Gasteiger partial charge in [-0.1, -0.05) is 58.6 Å². The van der Waals surface area contributed by atoms with Gasteiger partial charge in [0.2, 0.25) is 0 Å². The molecule has 41 heavy (non-hydrogen) atoms. The van der Waals surface area contributed by atoms with Crippen molar-refractivity contribution in [2.75, 3.05) is 33.0 Å². The predicted octanol–water partition coefficient (Wildman–Crippen LogP) is 7.38. The zero-order valence-corrected chi connectivity index (χ0v) is 26.3. The van der Waals surface area contributed by atoms with Crippen LogP contribution in [0.1, 0.15) is 111 Å². The van der Waals surface area contributed by atoms with Crippen LogP contribution in [-0.4, -0.2) is 56.2 Å². The molecule has 0 aromatic heterocycles. The Hall–Kier alpha value is -1.60. The number of nitrogens with one attached hydrogen (secondary N) is 1. The Labute approximate surface area is 248 Å². The lowest BCUT2D eigenvalue weighted by atomic mass is 9.47. The molecule has 4 rings (SSSR count). The van der Waals surface area contributed by atoms with Gasteiger partial charge in [0.05, 0.1) is 32.8 Å². The van der Waals surface area contributed by atoms with Gasteiger partial charge in [-0.25, -0.2) is 4.79 Å². The molecule has 0 aliphatic heterocycles. The summed E-state index contributed by atoms with van der Waals surface area (Å²) in [7, 11) is 0. The van der Waals surface area contributed by atoms with Crippen LogP contribution in [-0.2, 0) is 19.0 Å². The second kappa shape index (κ2) is 14.7. The lowest BCUT2D eigenvalue weighted by Gasteiger charge is -2.58. The van der Waals surface area contributed by atoms with Gasteiger partial charge < -0.3 is 24.6 Å². The lowest BCUT2D eigenvalue weighted by molar-refractivity contribution is -0.138. The average molecular weight is 576 g/mol. The third kappa shape index (κ3) is 8.07. The van der Waals surface area contributed by atoms with Gasteiger partial charge in [-0.15, -0.1) is 0 Å². The zero-order valence-electron chi connectivity index (χ0n) is 26.3. The van der Waals surface area contributed by atoms with Crippen LogP contribution in [0.3, 0.4) is 0 Å². The predicted molar refractivity (Wildman–Crippen MR) is 161 cm³/mol. The first-order valence-electron chi connectivity index (χ1n) is 16.6. The molecule has 2 N–H and O–H groups in total. The van der Waals surface area contributed by atoms with Crippen molar-refractivity contribution in [3.05, 3.63) is 11.6 Å². The summed E-state index contributed by atoms with van der Waals surface area (Å²) in [5.74, 6) is 3.36. The molecule has 7 unspecified atom stereocenters. The molecule has 234 valence electrons. The summed E-state index contributed by atoms with van der Waals surface area (Å²) >= 11 is 0. The molecule has 0 saturated heterocycles. The van der Waals surface area contributed by atoms with E-state index in [1.807, 2.05) is 0 Å². The van der Waals surface area contributed by atoms with E-state index in [9.17, 15) is 9.59 Å². The molecule has 0 radical (unpaired) electrons. The van der Waals surface area contributed by atoms with Gasteiger partial charge >= 0.3 is 12.1 Å². The molecule has 7 atom stereocenters. The molecule has 7 nitrogen and oxygen atoms in total. The Morgan fingerprint density at radius 2 is 1.78 bits per heavy atom. The number of unbranched alkanes of at least 4 members (excludes halogenated alkanes) is 1. The molecule has 0 aromatic rings. The van der Waals surface area contributed by atoms with E-state index in [-0.39, 0.29) is 30.6 Å². The molecule has 7 heteroatoms. The standard InChI is InChI=1S/C34H57NO6/c1-24(2)7-5-6-8-25-10-12-29-28-11-9-26-23-27(13-16-34(26,4)30(28)14-17-33(25,29)3)41-32(38)35-18-20-40-22-21-39-19-15-31(36)37/h9,24-25,27-30H,5-8,10-23H2,1-4H3,(H,35,38)(H,36,37). The first-order chi connectivity index (χ1) is 19.6. The fourth-order valence-corrected chi connectivity index (χ4v) is 9.15. The summed E-state index contributed by atoms with van der Waals surface area (Å²) in [6.45, 7) is 11.5. The van der Waals surface area contributed by atoms with Crippen molar-refractivity contribution in [2.24, 2.45) is 40.4 Å². The highest BCUT2D eigenvalue weighted by atomic mass is 16.6. The normalized spacial score (nSPS) is 34.4. The number of hydrogen-bond donors (Lipinski definition) is 2. The van der Waals surface area contributed by atoms with E-state index in [1.54, 1.807) is 5.57 Å². The third-order valence-corrected chi connectivity index (χ3v) is 11.5. The second-order valence-corrected chi connectivity index (χ2v) is 14.3. The summed E-state index contributed by atoms with van der Waals surface area (Å²) in [4.78, 5) is 22.9. The minimum atomic E-state index is -0.873. The van der Waals surface area contributed by atoms with E-state index < -0.39 is 5.97 Å².